The number of benzene rings is 1. The second-order valence-corrected chi connectivity index (χ2v) is 9.51. The number of H-pyrrole nitrogens is 1. The number of nitrogens with zero attached hydrogens (tertiary/aromatic N) is 2. The summed E-state index contributed by atoms with van der Waals surface area (Å²) in [6.45, 7) is 0. The first-order valence-electron chi connectivity index (χ1n) is 5.94. The monoisotopic (exact) mass is 273 g/mol. The first kappa shape index (κ1) is 12.0. The maximum atomic E-state index is 13.4. The molecule has 98 valence electrons. The summed E-state index contributed by atoms with van der Waals surface area (Å²) in [5.41, 5.74) is 1.70. The number of pyridine rings is 1. The number of hydrogen-bond acceptors (Lipinski definition) is 3. The lowest BCUT2D eigenvalue weighted by Gasteiger charge is -2.30. The fourth-order valence-electron chi connectivity index (χ4n) is 2.01. The molecule has 5 heteroatoms. The van der Waals surface area contributed by atoms with E-state index < -0.39 is 9.07 Å². The molecule has 0 spiro atoms. The Hall–Kier alpha value is -2.01. The van der Waals surface area contributed by atoms with Gasteiger partial charge in [0.25, 0.3) is 0 Å². The van der Waals surface area contributed by atoms with Gasteiger partial charge in [-0.25, -0.2) is 9.97 Å². The molecule has 0 amide bonds. The van der Waals surface area contributed by atoms with Crippen molar-refractivity contribution in [2.75, 3.05) is 12.5 Å². The average Bonchev–Trinajstić information content (AvgIpc) is 2.84. The van der Waals surface area contributed by atoms with Gasteiger partial charge in [0.05, 0.1) is 11.0 Å². The van der Waals surface area contributed by atoms with Gasteiger partial charge in [-0.15, -0.1) is 0 Å². The number of imidazole rings is 1. The molecule has 3 rings (SSSR count). The second kappa shape index (κ2) is 3.74. The van der Waals surface area contributed by atoms with Gasteiger partial charge >= 0.3 is 0 Å². The minimum Gasteiger partial charge on any atom is -0.332 e. The average molecular weight is 273 g/mol. The summed E-state index contributed by atoms with van der Waals surface area (Å²) in [4.78, 5) is 11.9. The van der Waals surface area contributed by atoms with Crippen molar-refractivity contribution in [3.05, 3.63) is 48.7 Å². The number of fused-ring (bicyclic) bond motifs is 1. The number of aromatic nitrogens is 3. The Bertz CT molecular complexity index is 769. The standard InChI is InChI=1S/C14H15N3OS/c1-19(2,18,13-9-5-6-10-15-13)14-16-11-7-3-4-8-12(11)17-14/h3-10H,1-2H3,(H,16,17). The van der Waals surface area contributed by atoms with Crippen molar-refractivity contribution in [2.45, 2.75) is 10.2 Å². The molecule has 3 aromatic rings. The van der Waals surface area contributed by atoms with Gasteiger partial charge in [0, 0.05) is 18.7 Å². The van der Waals surface area contributed by atoms with Crippen LogP contribution in [0, 0.1) is 0 Å². The van der Waals surface area contributed by atoms with Crippen molar-refractivity contribution < 1.29 is 4.21 Å². The third kappa shape index (κ3) is 1.86. The van der Waals surface area contributed by atoms with Gasteiger partial charge in [-0.2, -0.15) is 0 Å². The van der Waals surface area contributed by atoms with E-state index in [1.165, 1.54) is 0 Å². The zero-order valence-corrected chi connectivity index (χ0v) is 11.6. The molecule has 2 heterocycles. The summed E-state index contributed by atoms with van der Waals surface area (Å²) in [5.74, 6) is 0. The van der Waals surface area contributed by atoms with E-state index >= 15 is 0 Å². The predicted molar refractivity (Wildman–Crippen MR) is 76.9 cm³/mol. The van der Waals surface area contributed by atoms with Crippen molar-refractivity contribution in [3.63, 3.8) is 0 Å². The smallest absolute Gasteiger partial charge is 0.180 e. The van der Waals surface area contributed by atoms with Crippen molar-refractivity contribution in [2.24, 2.45) is 0 Å². The molecule has 2 aromatic heterocycles. The van der Waals surface area contributed by atoms with E-state index in [9.17, 15) is 4.21 Å². The van der Waals surface area contributed by atoms with Crippen molar-refractivity contribution in [1.82, 2.24) is 15.0 Å². The van der Waals surface area contributed by atoms with Crippen LogP contribution in [0.2, 0.25) is 0 Å². The number of hydrogen-bond donors (Lipinski definition) is 1. The molecule has 1 N–H and O–H groups in total. The first-order chi connectivity index (χ1) is 8.96. The molecule has 0 aliphatic rings. The van der Waals surface area contributed by atoms with E-state index in [1.807, 2.05) is 36.4 Å². The highest BCUT2D eigenvalue weighted by atomic mass is 32.3. The molecule has 0 aliphatic carbocycles. The van der Waals surface area contributed by atoms with E-state index in [4.69, 9.17) is 0 Å². The molecule has 0 saturated heterocycles. The second-order valence-electron chi connectivity index (χ2n) is 5.05. The van der Waals surface area contributed by atoms with Gasteiger partial charge in [0.15, 0.2) is 5.16 Å². The summed E-state index contributed by atoms with van der Waals surface area (Å²) < 4.78 is 13.4. The van der Waals surface area contributed by atoms with Crippen LogP contribution in [0.5, 0.6) is 0 Å². The lowest BCUT2D eigenvalue weighted by Crippen LogP contribution is -2.32. The van der Waals surface area contributed by atoms with Crippen molar-refractivity contribution in [1.29, 1.82) is 0 Å². The Balaban J connectivity index is 2.27. The van der Waals surface area contributed by atoms with Crippen LogP contribution in [0.4, 0.5) is 0 Å². The highest BCUT2D eigenvalue weighted by Gasteiger charge is 2.35. The highest BCUT2D eigenvalue weighted by molar-refractivity contribution is 8.18. The zero-order valence-electron chi connectivity index (χ0n) is 10.8. The Labute approximate surface area is 111 Å². The molecular formula is C14H15N3OS. The molecule has 0 aliphatic heterocycles. The van der Waals surface area contributed by atoms with Crippen LogP contribution in [0.15, 0.2) is 58.8 Å². The molecule has 1 aromatic carbocycles. The molecule has 0 bridgehead atoms. The molecular weight excluding hydrogens is 258 g/mol. The minimum atomic E-state index is -3.27. The number of aromatic amines is 1. The lowest BCUT2D eigenvalue weighted by molar-refractivity contribution is 0.653. The van der Waals surface area contributed by atoms with E-state index in [0.717, 1.165) is 11.0 Å². The van der Waals surface area contributed by atoms with Gasteiger partial charge in [0.1, 0.15) is 5.03 Å². The Morgan fingerprint density at radius 2 is 1.79 bits per heavy atom. The topological polar surface area (TPSA) is 58.6 Å². The lowest BCUT2D eigenvalue weighted by atomic mass is 10.3. The summed E-state index contributed by atoms with van der Waals surface area (Å²) in [7, 11) is -3.27. The number of nitrogens with one attached hydrogen (secondary N) is 1. The predicted octanol–water partition coefficient (Wildman–Crippen LogP) is 2.46. The van der Waals surface area contributed by atoms with Crippen LogP contribution in [-0.2, 0) is 9.07 Å². The molecule has 0 fully saturated rings. The maximum Gasteiger partial charge on any atom is 0.180 e. The van der Waals surface area contributed by atoms with Gasteiger partial charge in [0.2, 0.25) is 0 Å². The van der Waals surface area contributed by atoms with Crippen molar-refractivity contribution in [3.8, 4) is 0 Å². The summed E-state index contributed by atoms with van der Waals surface area (Å²) >= 11 is 0. The third-order valence-electron chi connectivity index (χ3n) is 3.18. The van der Waals surface area contributed by atoms with E-state index in [0.29, 0.717) is 10.2 Å². The third-order valence-corrected chi connectivity index (χ3v) is 5.95. The Morgan fingerprint density at radius 1 is 1.05 bits per heavy atom. The summed E-state index contributed by atoms with van der Waals surface area (Å²) in [6, 6.07) is 13.1. The fourth-order valence-corrected chi connectivity index (χ4v) is 3.82. The molecule has 0 radical (unpaired) electrons. The van der Waals surface area contributed by atoms with Crippen molar-refractivity contribution >= 4 is 20.1 Å². The normalized spacial score (nSPS) is 14.1. The first-order valence-corrected chi connectivity index (χ1v) is 8.72. The van der Waals surface area contributed by atoms with Crippen LogP contribution in [0.1, 0.15) is 0 Å². The number of rotatable bonds is 2. The van der Waals surface area contributed by atoms with Gasteiger partial charge in [-0.3, -0.25) is 4.21 Å². The van der Waals surface area contributed by atoms with E-state index in [-0.39, 0.29) is 0 Å². The zero-order chi connectivity index (χ0) is 13.5. The molecule has 0 saturated carbocycles. The largest absolute Gasteiger partial charge is 0.332 e. The summed E-state index contributed by atoms with van der Waals surface area (Å²) in [5, 5.41) is 1.04. The minimum absolute atomic E-state index is 0.483. The number of para-hydroxylation sites is 2. The SMILES string of the molecule is CS(C)(=O)(c1ccccn1)c1nc2ccccc2[nH]1. The molecule has 19 heavy (non-hydrogen) atoms. The van der Waals surface area contributed by atoms with Crippen LogP contribution in [-0.4, -0.2) is 31.7 Å². The Kier molecular flexibility index (Phi) is 2.37. The quantitative estimate of drug-likeness (QED) is 0.780. The van der Waals surface area contributed by atoms with Crippen LogP contribution in [0.3, 0.4) is 0 Å². The van der Waals surface area contributed by atoms with Gasteiger partial charge in [-0.05, 0) is 33.3 Å². The molecule has 0 unspecified atom stereocenters. The molecule has 4 nitrogen and oxygen atoms in total. The van der Waals surface area contributed by atoms with E-state index in [2.05, 4.69) is 15.0 Å². The molecule has 0 atom stereocenters. The summed E-state index contributed by atoms with van der Waals surface area (Å²) in [6.07, 6.45) is 5.06. The maximum absolute atomic E-state index is 13.4. The van der Waals surface area contributed by atoms with Gasteiger partial charge in [-0.1, -0.05) is 18.2 Å². The fraction of sp³-hybridized carbons (Fsp3) is 0.143. The van der Waals surface area contributed by atoms with Crippen LogP contribution >= 0.6 is 0 Å². The van der Waals surface area contributed by atoms with Gasteiger partial charge < -0.3 is 4.98 Å². The highest BCUT2D eigenvalue weighted by Crippen LogP contribution is 2.35. The van der Waals surface area contributed by atoms with Crippen LogP contribution in [0.25, 0.3) is 11.0 Å². The van der Waals surface area contributed by atoms with E-state index in [1.54, 1.807) is 24.8 Å². The van der Waals surface area contributed by atoms with Crippen LogP contribution < -0.4 is 0 Å². The Morgan fingerprint density at radius 3 is 2.47 bits per heavy atom.